The van der Waals surface area contributed by atoms with E-state index in [1.807, 2.05) is 20.8 Å². The highest BCUT2D eigenvalue weighted by molar-refractivity contribution is 5.22. The summed E-state index contributed by atoms with van der Waals surface area (Å²) in [5, 5.41) is 6.21. The van der Waals surface area contributed by atoms with Crippen LogP contribution in [0.2, 0.25) is 0 Å². The van der Waals surface area contributed by atoms with E-state index in [2.05, 4.69) is 15.6 Å². The molecule has 108 valence electrons. The zero-order valence-electron chi connectivity index (χ0n) is 11.4. The van der Waals surface area contributed by atoms with Crippen molar-refractivity contribution in [2.75, 3.05) is 13.1 Å². The zero-order chi connectivity index (χ0) is 14.5. The summed E-state index contributed by atoms with van der Waals surface area (Å²) < 4.78 is 38.1. The van der Waals surface area contributed by atoms with E-state index in [0.717, 1.165) is 6.07 Å². The first kappa shape index (κ1) is 15.9. The van der Waals surface area contributed by atoms with Crippen LogP contribution in [0.15, 0.2) is 18.3 Å². The summed E-state index contributed by atoms with van der Waals surface area (Å²) >= 11 is 0. The Morgan fingerprint density at radius 3 is 2.42 bits per heavy atom. The van der Waals surface area contributed by atoms with E-state index in [0.29, 0.717) is 13.1 Å². The van der Waals surface area contributed by atoms with Crippen LogP contribution in [0.1, 0.15) is 32.0 Å². The number of hydrogen-bond donors (Lipinski definition) is 2. The fraction of sp³-hybridized carbons (Fsp3) is 0.615. The van der Waals surface area contributed by atoms with Gasteiger partial charge in [0, 0.05) is 31.4 Å². The van der Waals surface area contributed by atoms with Crippen molar-refractivity contribution in [3.8, 4) is 0 Å². The average molecular weight is 275 g/mol. The van der Waals surface area contributed by atoms with E-state index < -0.39 is 11.7 Å². The van der Waals surface area contributed by atoms with Crippen molar-refractivity contribution in [3.05, 3.63) is 29.6 Å². The Morgan fingerprint density at radius 1 is 1.16 bits per heavy atom. The summed E-state index contributed by atoms with van der Waals surface area (Å²) in [6.07, 6.45) is -2.98. The summed E-state index contributed by atoms with van der Waals surface area (Å²) in [5.74, 6) is 0. The third-order valence-electron chi connectivity index (χ3n) is 2.45. The molecule has 0 aliphatic carbocycles. The molecule has 19 heavy (non-hydrogen) atoms. The summed E-state index contributed by atoms with van der Waals surface area (Å²) in [5.41, 5.74) is -0.638. The van der Waals surface area contributed by atoms with Gasteiger partial charge in [0.2, 0.25) is 0 Å². The van der Waals surface area contributed by atoms with E-state index in [9.17, 15) is 13.2 Å². The molecule has 0 radical (unpaired) electrons. The van der Waals surface area contributed by atoms with Gasteiger partial charge in [-0.2, -0.15) is 13.2 Å². The van der Waals surface area contributed by atoms with Crippen LogP contribution < -0.4 is 10.6 Å². The lowest BCUT2D eigenvalue weighted by atomic mass is 10.1. The van der Waals surface area contributed by atoms with E-state index >= 15 is 0 Å². The van der Waals surface area contributed by atoms with Gasteiger partial charge < -0.3 is 10.6 Å². The first-order valence-electron chi connectivity index (χ1n) is 6.17. The van der Waals surface area contributed by atoms with Gasteiger partial charge in [0.15, 0.2) is 0 Å². The fourth-order valence-corrected chi connectivity index (χ4v) is 1.57. The highest BCUT2D eigenvalue weighted by Gasteiger charge is 2.33. The first-order valence-corrected chi connectivity index (χ1v) is 6.17. The third-order valence-corrected chi connectivity index (χ3v) is 2.45. The molecule has 0 fully saturated rings. The molecule has 1 aromatic heterocycles. The molecule has 3 nitrogen and oxygen atoms in total. The lowest BCUT2D eigenvalue weighted by Crippen LogP contribution is -2.40. The number of rotatable bonds is 5. The van der Waals surface area contributed by atoms with Crippen LogP contribution in [0.3, 0.4) is 0 Å². The van der Waals surface area contributed by atoms with Gasteiger partial charge in [-0.15, -0.1) is 0 Å². The van der Waals surface area contributed by atoms with E-state index in [-0.39, 0.29) is 17.8 Å². The summed E-state index contributed by atoms with van der Waals surface area (Å²) in [6.45, 7) is 7.50. The Bertz CT molecular complexity index is 397. The number of hydrogen-bond acceptors (Lipinski definition) is 3. The minimum absolute atomic E-state index is 0.00378. The summed E-state index contributed by atoms with van der Waals surface area (Å²) in [6, 6.07) is 2.35. The van der Waals surface area contributed by atoms with Crippen molar-refractivity contribution in [2.24, 2.45) is 0 Å². The molecule has 0 unspecified atom stereocenters. The predicted octanol–water partition coefficient (Wildman–Crippen LogP) is 2.58. The third kappa shape index (κ3) is 6.02. The van der Waals surface area contributed by atoms with Crippen LogP contribution in [0, 0.1) is 0 Å². The lowest BCUT2D eigenvalue weighted by molar-refractivity contribution is -0.138. The van der Waals surface area contributed by atoms with Gasteiger partial charge in [0.05, 0.1) is 11.3 Å². The molecular formula is C13H20F3N3. The Kier molecular flexibility index (Phi) is 5.31. The highest BCUT2D eigenvalue weighted by Crippen LogP contribution is 2.30. The second kappa shape index (κ2) is 6.34. The Labute approximate surface area is 111 Å². The molecule has 0 saturated heterocycles. The number of pyridine rings is 1. The standard InChI is InChI=1S/C13H20F3N3/c1-12(2,3)19-8-7-17-9-11-10(13(14,15)16)5-4-6-18-11/h4-6,17,19H,7-9H2,1-3H3. The molecule has 6 heteroatoms. The number of aromatic nitrogens is 1. The highest BCUT2D eigenvalue weighted by atomic mass is 19.4. The molecule has 0 saturated carbocycles. The van der Waals surface area contributed by atoms with Crippen LogP contribution in [0.25, 0.3) is 0 Å². The monoisotopic (exact) mass is 275 g/mol. The molecule has 0 aliphatic heterocycles. The van der Waals surface area contributed by atoms with Crippen molar-refractivity contribution in [1.82, 2.24) is 15.6 Å². The van der Waals surface area contributed by atoms with Crippen molar-refractivity contribution in [1.29, 1.82) is 0 Å². The lowest BCUT2D eigenvalue weighted by Gasteiger charge is -2.20. The van der Waals surface area contributed by atoms with Crippen LogP contribution in [-0.2, 0) is 12.7 Å². The fourth-order valence-electron chi connectivity index (χ4n) is 1.57. The molecule has 1 aromatic rings. The number of nitrogens with one attached hydrogen (secondary N) is 2. The number of nitrogens with zero attached hydrogens (tertiary/aromatic N) is 1. The van der Waals surface area contributed by atoms with Crippen molar-refractivity contribution in [2.45, 2.75) is 39.0 Å². The molecule has 0 spiro atoms. The van der Waals surface area contributed by atoms with E-state index in [1.165, 1.54) is 12.3 Å². The predicted molar refractivity (Wildman–Crippen MR) is 68.7 cm³/mol. The Balaban J connectivity index is 2.46. The molecule has 0 amide bonds. The second-order valence-electron chi connectivity index (χ2n) is 5.35. The molecule has 1 heterocycles. The average Bonchev–Trinajstić information content (AvgIpc) is 2.26. The molecule has 0 aromatic carbocycles. The summed E-state index contributed by atoms with van der Waals surface area (Å²) in [4.78, 5) is 3.79. The maximum absolute atomic E-state index is 12.7. The first-order chi connectivity index (χ1) is 8.70. The zero-order valence-corrected chi connectivity index (χ0v) is 11.4. The van der Waals surface area contributed by atoms with Gasteiger partial charge in [-0.25, -0.2) is 0 Å². The van der Waals surface area contributed by atoms with Crippen molar-refractivity contribution < 1.29 is 13.2 Å². The van der Waals surface area contributed by atoms with Crippen LogP contribution >= 0.6 is 0 Å². The number of halogens is 3. The van der Waals surface area contributed by atoms with Gasteiger partial charge in [0.1, 0.15) is 0 Å². The maximum atomic E-state index is 12.7. The second-order valence-corrected chi connectivity index (χ2v) is 5.35. The maximum Gasteiger partial charge on any atom is 0.418 e. The van der Waals surface area contributed by atoms with Gasteiger partial charge in [-0.3, -0.25) is 4.98 Å². The van der Waals surface area contributed by atoms with E-state index in [1.54, 1.807) is 0 Å². The smallest absolute Gasteiger partial charge is 0.311 e. The van der Waals surface area contributed by atoms with Crippen molar-refractivity contribution >= 4 is 0 Å². The quantitative estimate of drug-likeness (QED) is 0.811. The van der Waals surface area contributed by atoms with Gasteiger partial charge in [-0.05, 0) is 32.9 Å². The van der Waals surface area contributed by atoms with Crippen molar-refractivity contribution in [3.63, 3.8) is 0 Å². The minimum Gasteiger partial charge on any atom is -0.311 e. The SMILES string of the molecule is CC(C)(C)NCCNCc1ncccc1C(F)(F)F. The van der Waals surface area contributed by atoms with Gasteiger partial charge >= 0.3 is 6.18 Å². The van der Waals surface area contributed by atoms with Gasteiger partial charge in [-0.1, -0.05) is 0 Å². The molecule has 0 atom stereocenters. The molecular weight excluding hydrogens is 255 g/mol. The summed E-state index contributed by atoms with van der Waals surface area (Å²) in [7, 11) is 0. The topological polar surface area (TPSA) is 37.0 Å². The largest absolute Gasteiger partial charge is 0.418 e. The Hall–Kier alpha value is -1.14. The van der Waals surface area contributed by atoms with Crippen LogP contribution in [0.4, 0.5) is 13.2 Å². The van der Waals surface area contributed by atoms with E-state index in [4.69, 9.17) is 0 Å². The minimum atomic E-state index is -4.35. The molecule has 2 N–H and O–H groups in total. The number of alkyl halides is 3. The molecule has 1 rings (SSSR count). The Morgan fingerprint density at radius 2 is 1.84 bits per heavy atom. The van der Waals surface area contributed by atoms with Crippen LogP contribution in [-0.4, -0.2) is 23.6 Å². The molecule has 0 bridgehead atoms. The van der Waals surface area contributed by atoms with Crippen LogP contribution in [0.5, 0.6) is 0 Å². The normalized spacial score (nSPS) is 12.7. The van der Waals surface area contributed by atoms with Gasteiger partial charge in [0.25, 0.3) is 0 Å². The molecule has 0 aliphatic rings.